The van der Waals surface area contributed by atoms with Gasteiger partial charge in [0.1, 0.15) is 0 Å². The van der Waals surface area contributed by atoms with Crippen molar-refractivity contribution in [1.82, 2.24) is 0 Å². The van der Waals surface area contributed by atoms with E-state index in [4.69, 9.17) is 9.47 Å². The number of ether oxygens (including phenoxy) is 2. The van der Waals surface area contributed by atoms with Gasteiger partial charge in [-0.15, -0.1) is 0 Å². The predicted molar refractivity (Wildman–Crippen MR) is 108 cm³/mol. The normalized spacial score (nSPS) is 23.6. The van der Waals surface area contributed by atoms with Gasteiger partial charge in [0.15, 0.2) is 11.5 Å². The minimum absolute atomic E-state index is 0.210. The van der Waals surface area contributed by atoms with Crippen LogP contribution in [0.15, 0.2) is 51.4 Å². The molecule has 1 N–H and O–H groups in total. The molecule has 3 atom stereocenters. The van der Waals surface area contributed by atoms with Crippen LogP contribution in [0.2, 0.25) is 0 Å². The van der Waals surface area contributed by atoms with E-state index < -0.39 is 0 Å². The molecule has 0 unspecified atom stereocenters. The standard InChI is InChI=1S/C20H19Br2NO2/c1-24-17-10-11(9-16(22)20(17)25-2)18-13-6-3-5-12(13)14-7-4-8-15(21)19(14)23-18/h3-5,7-10,12-13,18,23H,6H2,1-2H3/t12-,13-,18-/m0/s1. The van der Waals surface area contributed by atoms with Gasteiger partial charge in [0, 0.05) is 10.4 Å². The van der Waals surface area contributed by atoms with E-state index in [0.29, 0.717) is 11.8 Å². The van der Waals surface area contributed by atoms with E-state index in [2.05, 4.69) is 79.7 Å². The fourth-order valence-electron chi connectivity index (χ4n) is 4.03. The maximum atomic E-state index is 5.55. The van der Waals surface area contributed by atoms with Crippen molar-refractivity contribution in [2.75, 3.05) is 19.5 Å². The Morgan fingerprint density at radius 1 is 1.08 bits per heavy atom. The molecule has 0 bridgehead atoms. The summed E-state index contributed by atoms with van der Waals surface area (Å²) in [5, 5.41) is 3.76. The highest BCUT2D eigenvalue weighted by molar-refractivity contribution is 9.11. The summed E-state index contributed by atoms with van der Waals surface area (Å²) in [6, 6.07) is 10.9. The van der Waals surface area contributed by atoms with Crippen LogP contribution in [0, 0.1) is 5.92 Å². The summed E-state index contributed by atoms with van der Waals surface area (Å²) < 4.78 is 13.0. The largest absolute Gasteiger partial charge is 0.493 e. The molecule has 0 saturated carbocycles. The highest BCUT2D eigenvalue weighted by Crippen LogP contribution is 2.52. The first-order valence-corrected chi connectivity index (χ1v) is 9.85. The lowest BCUT2D eigenvalue weighted by molar-refractivity contribution is 0.351. The molecule has 5 heteroatoms. The highest BCUT2D eigenvalue weighted by Gasteiger charge is 2.38. The minimum atomic E-state index is 0.210. The molecule has 0 radical (unpaired) electrons. The lowest BCUT2D eigenvalue weighted by atomic mass is 9.77. The lowest BCUT2D eigenvalue weighted by Gasteiger charge is -2.38. The van der Waals surface area contributed by atoms with Gasteiger partial charge in [-0.25, -0.2) is 0 Å². The first-order chi connectivity index (χ1) is 12.1. The quantitative estimate of drug-likeness (QED) is 0.560. The number of fused-ring (bicyclic) bond motifs is 3. The molecule has 2 aromatic carbocycles. The van der Waals surface area contributed by atoms with Crippen molar-refractivity contribution in [2.45, 2.75) is 18.4 Å². The summed E-state index contributed by atoms with van der Waals surface area (Å²) in [4.78, 5) is 0. The topological polar surface area (TPSA) is 30.5 Å². The number of hydrogen-bond acceptors (Lipinski definition) is 3. The number of anilines is 1. The average molecular weight is 465 g/mol. The Bertz CT molecular complexity index is 850. The summed E-state index contributed by atoms with van der Waals surface area (Å²) in [5.74, 6) is 2.40. The van der Waals surface area contributed by atoms with Gasteiger partial charge in [0.25, 0.3) is 0 Å². The Labute approximate surface area is 164 Å². The maximum Gasteiger partial charge on any atom is 0.174 e. The zero-order valence-corrected chi connectivity index (χ0v) is 17.2. The molecule has 2 aromatic rings. The van der Waals surface area contributed by atoms with Crippen LogP contribution < -0.4 is 14.8 Å². The number of nitrogens with one attached hydrogen (secondary N) is 1. The van der Waals surface area contributed by atoms with Crippen molar-refractivity contribution in [3.8, 4) is 11.5 Å². The summed E-state index contributed by atoms with van der Waals surface area (Å²) in [6.45, 7) is 0. The third-order valence-electron chi connectivity index (χ3n) is 5.16. The fraction of sp³-hybridized carbons (Fsp3) is 0.300. The monoisotopic (exact) mass is 463 g/mol. The number of halogens is 2. The minimum Gasteiger partial charge on any atom is -0.493 e. The van der Waals surface area contributed by atoms with Crippen LogP contribution in [0.1, 0.15) is 29.5 Å². The summed E-state index contributed by atoms with van der Waals surface area (Å²) in [7, 11) is 3.33. The van der Waals surface area contributed by atoms with Crippen molar-refractivity contribution in [3.63, 3.8) is 0 Å². The van der Waals surface area contributed by atoms with E-state index in [-0.39, 0.29) is 6.04 Å². The van der Waals surface area contributed by atoms with Crippen LogP contribution in [0.4, 0.5) is 5.69 Å². The first-order valence-electron chi connectivity index (χ1n) is 8.27. The van der Waals surface area contributed by atoms with Crippen molar-refractivity contribution in [2.24, 2.45) is 5.92 Å². The molecule has 25 heavy (non-hydrogen) atoms. The van der Waals surface area contributed by atoms with Gasteiger partial charge in [-0.05, 0) is 73.5 Å². The Kier molecular flexibility index (Phi) is 4.54. The van der Waals surface area contributed by atoms with E-state index in [1.807, 2.05) is 0 Å². The van der Waals surface area contributed by atoms with Crippen LogP contribution in [-0.4, -0.2) is 14.2 Å². The second kappa shape index (κ2) is 6.69. The van der Waals surface area contributed by atoms with Crippen LogP contribution in [0.3, 0.4) is 0 Å². The SMILES string of the molecule is COc1cc([C@@H]2Nc3c(Br)cccc3[C@H]3C=CC[C@@H]32)cc(Br)c1OC. The smallest absolute Gasteiger partial charge is 0.174 e. The number of para-hydroxylation sites is 1. The summed E-state index contributed by atoms with van der Waals surface area (Å²) >= 11 is 7.33. The van der Waals surface area contributed by atoms with E-state index >= 15 is 0 Å². The second-order valence-corrected chi connectivity index (χ2v) is 8.13. The third kappa shape index (κ3) is 2.77. The summed E-state index contributed by atoms with van der Waals surface area (Å²) in [5.41, 5.74) is 3.75. The molecule has 0 fully saturated rings. The van der Waals surface area contributed by atoms with Crippen LogP contribution in [0.5, 0.6) is 11.5 Å². The van der Waals surface area contributed by atoms with Crippen LogP contribution >= 0.6 is 31.9 Å². The maximum absolute atomic E-state index is 5.55. The molecule has 4 rings (SSSR count). The molecule has 1 aliphatic heterocycles. The lowest BCUT2D eigenvalue weighted by Crippen LogP contribution is -2.29. The van der Waals surface area contributed by atoms with E-state index in [1.165, 1.54) is 16.8 Å². The molecule has 3 nitrogen and oxygen atoms in total. The Balaban J connectivity index is 1.82. The molecular formula is C20H19Br2NO2. The zero-order chi connectivity index (χ0) is 17.6. The second-order valence-electron chi connectivity index (χ2n) is 6.42. The van der Waals surface area contributed by atoms with Gasteiger partial charge in [-0.2, -0.15) is 0 Å². The van der Waals surface area contributed by atoms with Crippen molar-refractivity contribution in [3.05, 3.63) is 62.6 Å². The molecule has 0 spiro atoms. The molecule has 130 valence electrons. The van der Waals surface area contributed by atoms with E-state index in [1.54, 1.807) is 14.2 Å². The van der Waals surface area contributed by atoms with Crippen molar-refractivity contribution < 1.29 is 9.47 Å². The predicted octanol–water partition coefficient (Wildman–Crippen LogP) is 6.06. The van der Waals surface area contributed by atoms with E-state index in [0.717, 1.165) is 26.9 Å². The number of rotatable bonds is 3. The van der Waals surface area contributed by atoms with Gasteiger partial charge >= 0.3 is 0 Å². The number of benzene rings is 2. The molecule has 1 heterocycles. The van der Waals surface area contributed by atoms with Crippen molar-refractivity contribution >= 4 is 37.5 Å². The van der Waals surface area contributed by atoms with Gasteiger partial charge in [-0.1, -0.05) is 24.3 Å². The van der Waals surface area contributed by atoms with E-state index in [9.17, 15) is 0 Å². The van der Waals surface area contributed by atoms with Crippen LogP contribution in [-0.2, 0) is 0 Å². The number of methoxy groups -OCH3 is 2. The number of hydrogen-bond donors (Lipinski definition) is 1. The Hall–Kier alpha value is -1.46. The van der Waals surface area contributed by atoms with Crippen LogP contribution in [0.25, 0.3) is 0 Å². The Morgan fingerprint density at radius 2 is 1.92 bits per heavy atom. The van der Waals surface area contributed by atoms with Crippen molar-refractivity contribution in [1.29, 1.82) is 0 Å². The molecule has 2 aliphatic rings. The van der Waals surface area contributed by atoms with Gasteiger partial charge in [0.05, 0.1) is 30.4 Å². The molecular weight excluding hydrogens is 446 g/mol. The van der Waals surface area contributed by atoms with Gasteiger partial charge in [-0.3, -0.25) is 0 Å². The highest BCUT2D eigenvalue weighted by atomic mass is 79.9. The molecule has 0 amide bonds. The van der Waals surface area contributed by atoms with Gasteiger partial charge < -0.3 is 14.8 Å². The fourth-order valence-corrected chi connectivity index (χ4v) is 5.15. The number of allylic oxidation sites excluding steroid dienone is 2. The summed E-state index contributed by atoms with van der Waals surface area (Å²) in [6.07, 6.45) is 5.72. The van der Waals surface area contributed by atoms with Gasteiger partial charge in [0.2, 0.25) is 0 Å². The first kappa shape index (κ1) is 17.0. The zero-order valence-electron chi connectivity index (χ0n) is 14.1. The average Bonchev–Trinajstić information content (AvgIpc) is 3.10. The Morgan fingerprint density at radius 3 is 2.68 bits per heavy atom. The molecule has 0 aromatic heterocycles. The molecule has 1 aliphatic carbocycles. The third-order valence-corrected chi connectivity index (χ3v) is 6.41. The molecule has 0 saturated heterocycles.